The average Bonchev–Trinajstić information content (AvgIpc) is 3.14. The lowest BCUT2D eigenvalue weighted by Crippen LogP contribution is -2.47. The molecule has 1 heterocycles. The van der Waals surface area contributed by atoms with Crippen molar-refractivity contribution in [2.45, 2.75) is 53.0 Å². The van der Waals surface area contributed by atoms with E-state index in [1.807, 2.05) is 30.3 Å². The zero-order valence-corrected chi connectivity index (χ0v) is 15.4. The van der Waals surface area contributed by atoms with E-state index in [4.69, 9.17) is 4.52 Å². The Kier molecular flexibility index (Phi) is 3.57. The molecular weight excluding hydrogens is 312 g/mol. The van der Waals surface area contributed by atoms with Crippen LogP contribution in [-0.4, -0.2) is 17.1 Å². The number of hydrogen-bond acceptors (Lipinski definition) is 3. The Balaban J connectivity index is 1.63. The number of hydrogen-bond donors (Lipinski definition) is 1. The van der Waals surface area contributed by atoms with Gasteiger partial charge in [0.15, 0.2) is 0 Å². The quantitative estimate of drug-likeness (QED) is 0.890. The topological polar surface area (TPSA) is 55.1 Å². The van der Waals surface area contributed by atoms with Gasteiger partial charge in [-0.1, -0.05) is 56.3 Å². The minimum atomic E-state index is -0.0628. The predicted octanol–water partition coefficient (Wildman–Crippen LogP) is 4.59. The number of aryl methyl sites for hydroxylation is 1. The summed E-state index contributed by atoms with van der Waals surface area (Å²) in [4.78, 5) is 13.1. The van der Waals surface area contributed by atoms with Crippen molar-refractivity contribution in [1.82, 2.24) is 10.5 Å². The normalized spacial score (nSPS) is 29.8. The summed E-state index contributed by atoms with van der Waals surface area (Å²) in [6.07, 6.45) is 3.53. The van der Waals surface area contributed by atoms with Crippen LogP contribution in [0.4, 0.5) is 0 Å². The van der Waals surface area contributed by atoms with Gasteiger partial charge in [-0.3, -0.25) is 4.79 Å². The molecule has 0 spiro atoms. The second-order valence-electron chi connectivity index (χ2n) is 8.46. The highest BCUT2D eigenvalue weighted by Gasteiger charge is 2.61. The Bertz CT molecular complexity index is 809. The van der Waals surface area contributed by atoms with E-state index in [0.717, 1.165) is 12.0 Å². The summed E-state index contributed by atoms with van der Waals surface area (Å²) in [6.45, 7) is 8.86. The molecule has 1 aromatic heterocycles. The highest BCUT2D eigenvalue weighted by Crippen LogP contribution is 2.65. The van der Waals surface area contributed by atoms with Gasteiger partial charge in [-0.25, -0.2) is 0 Å². The number of fused-ring (bicyclic) bond motifs is 2. The number of carbonyl (C=O) groups excluding carboxylic acids is 1. The van der Waals surface area contributed by atoms with Crippen LogP contribution in [0.15, 0.2) is 34.9 Å². The van der Waals surface area contributed by atoms with E-state index < -0.39 is 0 Å². The third-order valence-electron chi connectivity index (χ3n) is 7.24. The molecule has 0 radical (unpaired) electrons. The van der Waals surface area contributed by atoms with E-state index in [0.29, 0.717) is 22.9 Å². The van der Waals surface area contributed by atoms with Crippen molar-refractivity contribution in [2.75, 3.05) is 0 Å². The molecule has 2 aliphatic carbocycles. The number of rotatable bonds is 3. The second-order valence-corrected chi connectivity index (χ2v) is 8.46. The van der Waals surface area contributed by atoms with Gasteiger partial charge >= 0.3 is 0 Å². The standard InChI is InChI=1S/C21H26N2O2/c1-13-17(18(23-25-13)14-8-6-5-7-9-14)19(24)22-16-12-15-10-11-21(16,4)20(15,2)3/h5-9,15-16H,10-12H2,1-4H3,(H,22,24)/t15-,16+,21+/m0/s1. The maximum Gasteiger partial charge on any atom is 0.257 e. The summed E-state index contributed by atoms with van der Waals surface area (Å²) >= 11 is 0. The number of nitrogens with one attached hydrogen (secondary N) is 1. The van der Waals surface area contributed by atoms with E-state index in [9.17, 15) is 4.79 Å². The SMILES string of the molecule is Cc1onc(-c2ccccc2)c1C(=O)N[C@@H]1C[C@@H]2CC[C@@]1(C)C2(C)C. The molecule has 4 nitrogen and oxygen atoms in total. The van der Waals surface area contributed by atoms with Gasteiger partial charge in [0, 0.05) is 11.6 Å². The summed E-state index contributed by atoms with van der Waals surface area (Å²) in [7, 11) is 0. The first-order chi connectivity index (χ1) is 11.8. The number of benzene rings is 1. The molecule has 0 aliphatic heterocycles. The van der Waals surface area contributed by atoms with Gasteiger partial charge in [0.2, 0.25) is 0 Å². The fraction of sp³-hybridized carbons (Fsp3) is 0.524. The van der Waals surface area contributed by atoms with Crippen LogP contribution in [0.1, 0.15) is 56.2 Å². The molecule has 3 atom stereocenters. The molecule has 0 unspecified atom stereocenters. The lowest BCUT2D eigenvalue weighted by molar-refractivity contribution is 0.0825. The van der Waals surface area contributed by atoms with Crippen molar-refractivity contribution in [3.8, 4) is 11.3 Å². The fourth-order valence-electron chi connectivity index (χ4n) is 5.09. The molecule has 2 aliphatic rings. The zero-order chi connectivity index (χ0) is 17.8. The highest BCUT2D eigenvalue weighted by molar-refractivity contribution is 6.01. The molecule has 1 amide bonds. The van der Waals surface area contributed by atoms with Crippen molar-refractivity contribution in [3.63, 3.8) is 0 Å². The van der Waals surface area contributed by atoms with Crippen LogP contribution >= 0.6 is 0 Å². The summed E-state index contributed by atoms with van der Waals surface area (Å²) < 4.78 is 5.35. The fourth-order valence-corrected chi connectivity index (χ4v) is 5.09. The Labute approximate surface area is 149 Å². The van der Waals surface area contributed by atoms with Crippen LogP contribution in [0, 0.1) is 23.7 Å². The van der Waals surface area contributed by atoms with Gasteiger partial charge in [-0.2, -0.15) is 0 Å². The van der Waals surface area contributed by atoms with Crippen LogP contribution in [0.2, 0.25) is 0 Å². The second kappa shape index (κ2) is 5.45. The average molecular weight is 338 g/mol. The molecule has 1 N–H and O–H groups in total. The van der Waals surface area contributed by atoms with Crippen molar-refractivity contribution < 1.29 is 9.32 Å². The predicted molar refractivity (Wildman–Crippen MR) is 97.2 cm³/mol. The van der Waals surface area contributed by atoms with Crippen LogP contribution in [0.5, 0.6) is 0 Å². The van der Waals surface area contributed by atoms with Crippen LogP contribution in [0.25, 0.3) is 11.3 Å². The van der Waals surface area contributed by atoms with E-state index in [1.54, 1.807) is 6.92 Å². The maximum absolute atomic E-state index is 13.1. The number of amides is 1. The Morgan fingerprint density at radius 1 is 1.24 bits per heavy atom. The lowest BCUT2D eigenvalue weighted by atomic mass is 9.69. The Morgan fingerprint density at radius 3 is 2.56 bits per heavy atom. The smallest absolute Gasteiger partial charge is 0.257 e. The van der Waals surface area contributed by atoms with Crippen molar-refractivity contribution >= 4 is 5.91 Å². The molecule has 2 aromatic rings. The van der Waals surface area contributed by atoms with E-state index in [-0.39, 0.29) is 22.8 Å². The van der Waals surface area contributed by atoms with Gasteiger partial charge in [-0.05, 0) is 42.9 Å². The highest BCUT2D eigenvalue weighted by atomic mass is 16.5. The summed E-state index contributed by atoms with van der Waals surface area (Å²) in [5.41, 5.74) is 2.53. The lowest BCUT2D eigenvalue weighted by Gasteiger charge is -2.39. The zero-order valence-electron chi connectivity index (χ0n) is 15.4. The van der Waals surface area contributed by atoms with Gasteiger partial charge in [0.1, 0.15) is 17.0 Å². The first kappa shape index (κ1) is 16.4. The van der Waals surface area contributed by atoms with Gasteiger partial charge in [0.25, 0.3) is 5.91 Å². The molecule has 1 aromatic carbocycles. The van der Waals surface area contributed by atoms with E-state index in [2.05, 4.69) is 31.2 Å². The molecule has 0 saturated heterocycles. The van der Waals surface area contributed by atoms with Gasteiger partial charge in [-0.15, -0.1) is 0 Å². The van der Waals surface area contributed by atoms with Crippen molar-refractivity contribution in [2.24, 2.45) is 16.7 Å². The van der Waals surface area contributed by atoms with E-state index in [1.165, 1.54) is 12.8 Å². The molecule has 4 rings (SSSR count). The molecule has 25 heavy (non-hydrogen) atoms. The molecule has 2 fully saturated rings. The van der Waals surface area contributed by atoms with Gasteiger partial charge < -0.3 is 9.84 Å². The third kappa shape index (κ3) is 2.26. The summed E-state index contributed by atoms with van der Waals surface area (Å²) in [5, 5.41) is 7.46. The first-order valence-corrected chi connectivity index (χ1v) is 9.17. The minimum absolute atomic E-state index is 0.0628. The summed E-state index contributed by atoms with van der Waals surface area (Å²) in [6, 6.07) is 9.97. The number of nitrogens with zero attached hydrogens (tertiary/aromatic N) is 1. The first-order valence-electron chi connectivity index (χ1n) is 9.17. The largest absolute Gasteiger partial charge is 0.360 e. The van der Waals surface area contributed by atoms with Gasteiger partial charge in [0.05, 0.1) is 0 Å². The van der Waals surface area contributed by atoms with Crippen LogP contribution in [-0.2, 0) is 0 Å². The van der Waals surface area contributed by atoms with E-state index >= 15 is 0 Å². The van der Waals surface area contributed by atoms with Crippen LogP contribution in [0.3, 0.4) is 0 Å². The van der Waals surface area contributed by atoms with Crippen molar-refractivity contribution in [3.05, 3.63) is 41.7 Å². The molecule has 2 bridgehead atoms. The van der Waals surface area contributed by atoms with Crippen LogP contribution < -0.4 is 5.32 Å². The number of aromatic nitrogens is 1. The molecule has 132 valence electrons. The third-order valence-corrected chi connectivity index (χ3v) is 7.24. The Morgan fingerprint density at radius 2 is 1.96 bits per heavy atom. The number of carbonyl (C=O) groups is 1. The summed E-state index contributed by atoms with van der Waals surface area (Å²) in [5.74, 6) is 1.20. The molecule has 2 saturated carbocycles. The molecule has 4 heteroatoms. The maximum atomic E-state index is 13.1. The minimum Gasteiger partial charge on any atom is -0.360 e. The molecular formula is C21H26N2O2. The monoisotopic (exact) mass is 338 g/mol. The van der Waals surface area contributed by atoms with Crippen molar-refractivity contribution in [1.29, 1.82) is 0 Å². The Hall–Kier alpha value is -2.10.